The molecular formula is C9H16O2. The third-order valence-corrected chi connectivity index (χ3v) is 3.26. The molecule has 1 saturated carbocycles. The van der Waals surface area contributed by atoms with E-state index in [1.54, 1.807) is 0 Å². The van der Waals surface area contributed by atoms with Crippen molar-refractivity contribution >= 4 is 5.97 Å². The maximum absolute atomic E-state index is 10.7. The molecule has 1 N–H and O–H groups in total. The molecule has 0 heterocycles. The lowest BCUT2D eigenvalue weighted by molar-refractivity contribution is -0.158. The Hall–Kier alpha value is -0.530. The first-order valence-electron chi connectivity index (χ1n) is 4.23. The van der Waals surface area contributed by atoms with Gasteiger partial charge in [-0.1, -0.05) is 27.2 Å². The van der Waals surface area contributed by atoms with Gasteiger partial charge in [0.2, 0.25) is 0 Å². The topological polar surface area (TPSA) is 37.3 Å². The van der Waals surface area contributed by atoms with Crippen LogP contribution in [0.2, 0.25) is 0 Å². The quantitative estimate of drug-likeness (QED) is 0.665. The number of carboxylic acids is 1. The second-order valence-electron chi connectivity index (χ2n) is 4.05. The Morgan fingerprint density at radius 1 is 1.64 bits per heavy atom. The minimum Gasteiger partial charge on any atom is -0.481 e. The predicted molar refractivity (Wildman–Crippen MR) is 43.3 cm³/mol. The van der Waals surface area contributed by atoms with E-state index in [1.165, 1.54) is 0 Å². The summed E-state index contributed by atoms with van der Waals surface area (Å²) in [6.07, 6.45) is 1.98. The van der Waals surface area contributed by atoms with Crippen LogP contribution in [-0.4, -0.2) is 11.1 Å². The van der Waals surface area contributed by atoms with Crippen molar-refractivity contribution in [3.63, 3.8) is 0 Å². The van der Waals surface area contributed by atoms with Crippen LogP contribution < -0.4 is 0 Å². The van der Waals surface area contributed by atoms with Crippen molar-refractivity contribution in [2.75, 3.05) is 0 Å². The Balaban J connectivity index is 2.61. The normalized spacial score (nSPS) is 34.5. The zero-order valence-electron chi connectivity index (χ0n) is 7.42. The standard InChI is InChI=1S/C9H16O2/c1-4-6-5-7(8(10)11)9(6,2)3/h6-7H,4-5H2,1-3H3,(H,10,11). The fraction of sp³-hybridized carbons (Fsp3) is 0.889. The highest BCUT2D eigenvalue weighted by atomic mass is 16.4. The van der Waals surface area contributed by atoms with Gasteiger partial charge in [-0.3, -0.25) is 4.79 Å². The van der Waals surface area contributed by atoms with Crippen molar-refractivity contribution in [3.05, 3.63) is 0 Å². The largest absolute Gasteiger partial charge is 0.481 e. The van der Waals surface area contributed by atoms with Gasteiger partial charge in [-0.05, 0) is 17.8 Å². The van der Waals surface area contributed by atoms with Crippen molar-refractivity contribution in [2.24, 2.45) is 17.3 Å². The molecule has 0 aromatic rings. The molecule has 1 aliphatic carbocycles. The van der Waals surface area contributed by atoms with E-state index >= 15 is 0 Å². The van der Waals surface area contributed by atoms with Gasteiger partial charge >= 0.3 is 5.97 Å². The molecule has 0 radical (unpaired) electrons. The summed E-state index contributed by atoms with van der Waals surface area (Å²) in [5, 5.41) is 8.78. The van der Waals surface area contributed by atoms with Gasteiger partial charge in [0.1, 0.15) is 0 Å². The molecule has 1 rings (SSSR count). The molecule has 2 atom stereocenters. The Kier molecular flexibility index (Phi) is 1.95. The van der Waals surface area contributed by atoms with Gasteiger partial charge in [-0.25, -0.2) is 0 Å². The van der Waals surface area contributed by atoms with Crippen molar-refractivity contribution in [1.82, 2.24) is 0 Å². The molecule has 0 saturated heterocycles. The number of carboxylic acid groups (broad SMARTS) is 1. The highest BCUT2D eigenvalue weighted by Gasteiger charge is 2.50. The molecule has 11 heavy (non-hydrogen) atoms. The molecule has 2 heteroatoms. The number of aliphatic carboxylic acids is 1. The molecule has 0 aliphatic heterocycles. The van der Waals surface area contributed by atoms with Crippen LogP contribution in [0.1, 0.15) is 33.6 Å². The average molecular weight is 156 g/mol. The SMILES string of the molecule is CCC1CC(C(=O)O)C1(C)C. The van der Waals surface area contributed by atoms with Gasteiger partial charge in [-0.2, -0.15) is 0 Å². The van der Waals surface area contributed by atoms with E-state index in [9.17, 15) is 4.79 Å². The lowest BCUT2D eigenvalue weighted by atomic mass is 9.54. The monoisotopic (exact) mass is 156 g/mol. The zero-order chi connectivity index (χ0) is 8.65. The van der Waals surface area contributed by atoms with Gasteiger partial charge in [-0.15, -0.1) is 0 Å². The first-order valence-corrected chi connectivity index (χ1v) is 4.23. The highest BCUT2D eigenvalue weighted by Crippen LogP contribution is 2.52. The highest BCUT2D eigenvalue weighted by molar-refractivity contribution is 5.72. The molecule has 0 amide bonds. The van der Waals surface area contributed by atoms with E-state index < -0.39 is 5.97 Å². The van der Waals surface area contributed by atoms with E-state index in [1.807, 2.05) is 0 Å². The maximum atomic E-state index is 10.7. The maximum Gasteiger partial charge on any atom is 0.307 e. The lowest BCUT2D eigenvalue weighted by Gasteiger charge is -2.49. The number of hydrogen-bond acceptors (Lipinski definition) is 1. The van der Waals surface area contributed by atoms with Crippen molar-refractivity contribution in [1.29, 1.82) is 0 Å². The molecule has 1 aliphatic rings. The van der Waals surface area contributed by atoms with Crippen LogP contribution in [0.3, 0.4) is 0 Å². The summed E-state index contributed by atoms with van der Waals surface area (Å²) in [5.74, 6) is -0.115. The van der Waals surface area contributed by atoms with Gasteiger partial charge in [0.25, 0.3) is 0 Å². The molecule has 1 fully saturated rings. The lowest BCUT2D eigenvalue weighted by Crippen LogP contribution is -2.48. The summed E-state index contributed by atoms with van der Waals surface area (Å²) in [7, 11) is 0. The smallest absolute Gasteiger partial charge is 0.307 e. The Bertz CT molecular complexity index is 172. The Morgan fingerprint density at radius 3 is 2.45 bits per heavy atom. The predicted octanol–water partition coefficient (Wildman–Crippen LogP) is 2.14. The number of carbonyl (C=O) groups is 1. The van der Waals surface area contributed by atoms with Crippen LogP contribution >= 0.6 is 0 Å². The molecule has 0 aromatic carbocycles. The molecular weight excluding hydrogens is 140 g/mol. The summed E-state index contributed by atoms with van der Waals surface area (Å²) in [6.45, 7) is 6.25. The van der Waals surface area contributed by atoms with E-state index in [4.69, 9.17) is 5.11 Å². The number of hydrogen-bond donors (Lipinski definition) is 1. The zero-order valence-corrected chi connectivity index (χ0v) is 7.42. The third-order valence-electron chi connectivity index (χ3n) is 3.26. The van der Waals surface area contributed by atoms with Crippen LogP contribution in [0.5, 0.6) is 0 Å². The molecule has 2 nitrogen and oxygen atoms in total. The molecule has 0 spiro atoms. The minimum absolute atomic E-state index is 0.0284. The van der Waals surface area contributed by atoms with E-state index in [0.29, 0.717) is 5.92 Å². The van der Waals surface area contributed by atoms with Crippen LogP contribution in [0.25, 0.3) is 0 Å². The second kappa shape index (κ2) is 2.50. The van der Waals surface area contributed by atoms with Gasteiger partial charge in [0.05, 0.1) is 5.92 Å². The van der Waals surface area contributed by atoms with Gasteiger partial charge in [0, 0.05) is 0 Å². The van der Waals surface area contributed by atoms with Gasteiger partial charge in [0.15, 0.2) is 0 Å². The molecule has 0 bridgehead atoms. The van der Waals surface area contributed by atoms with Crippen LogP contribution in [-0.2, 0) is 4.79 Å². The van der Waals surface area contributed by atoms with Crippen LogP contribution in [0, 0.1) is 17.3 Å². The molecule has 0 aromatic heterocycles. The van der Waals surface area contributed by atoms with Crippen molar-refractivity contribution in [3.8, 4) is 0 Å². The number of rotatable bonds is 2. The van der Waals surface area contributed by atoms with Crippen molar-refractivity contribution < 1.29 is 9.90 Å². The fourth-order valence-corrected chi connectivity index (χ4v) is 2.13. The van der Waals surface area contributed by atoms with Crippen LogP contribution in [0.15, 0.2) is 0 Å². The summed E-state index contributed by atoms with van der Waals surface area (Å²) >= 11 is 0. The van der Waals surface area contributed by atoms with E-state index in [0.717, 1.165) is 12.8 Å². The first kappa shape index (κ1) is 8.57. The van der Waals surface area contributed by atoms with E-state index in [-0.39, 0.29) is 11.3 Å². The average Bonchev–Trinajstić information content (AvgIpc) is 1.85. The third kappa shape index (κ3) is 1.15. The van der Waals surface area contributed by atoms with Crippen LogP contribution in [0.4, 0.5) is 0 Å². The Labute approximate surface area is 67.6 Å². The first-order chi connectivity index (χ1) is 5.00. The summed E-state index contributed by atoms with van der Waals surface area (Å²) < 4.78 is 0. The van der Waals surface area contributed by atoms with Gasteiger partial charge < -0.3 is 5.11 Å². The minimum atomic E-state index is -0.625. The van der Waals surface area contributed by atoms with E-state index in [2.05, 4.69) is 20.8 Å². The summed E-state index contributed by atoms with van der Waals surface area (Å²) in [4.78, 5) is 10.7. The summed E-state index contributed by atoms with van der Waals surface area (Å²) in [6, 6.07) is 0. The van der Waals surface area contributed by atoms with Crippen molar-refractivity contribution in [2.45, 2.75) is 33.6 Å². The molecule has 64 valence electrons. The second-order valence-corrected chi connectivity index (χ2v) is 4.05. The Morgan fingerprint density at radius 2 is 2.18 bits per heavy atom. The summed E-state index contributed by atoms with van der Waals surface area (Å²) in [5.41, 5.74) is 0.0284. The fourth-order valence-electron chi connectivity index (χ4n) is 2.13. The molecule has 2 unspecified atom stereocenters.